The SMILES string of the molecule is N#Cc1cc(Oc2ccc(F)cc2Cl)ccc1N. The van der Waals surface area contributed by atoms with E-state index in [-0.39, 0.29) is 5.02 Å². The number of nitrogens with two attached hydrogens (primary N) is 1. The van der Waals surface area contributed by atoms with E-state index in [1.165, 1.54) is 18.2 Å². The van der Waals surface area contributed by atoms with Gasteiger partial charge in [0.1, 0.15) is 23.4 Å². The fourth-order valence-corrected chi connectivity index (χ4v) is 1.59. The second-order valence-electron chi connectivity index (χ2n) is 3.54. The highest BCUT2D eigenvalue weighted by molar-refractivity contribution is 6.32. The molecule has 90 valence electrons. The molecule has 2 aromatic rings. The molecule has 5 heteroatoms. The minimum absolute atomic E-state index is 0.158. The van der Waals surface area contributed by atoms with E-state index in [9.17, 15) is 4.39 Å². The van der Waals surface area contributed by atoms with Crippen LogP contribution in [0.4, 0.5) is 10.1 Å². The van der Waals surface area contributed by atoms with Gasteiger partial charge in [-0.25, -0.2) is 4.39 Å². The molecule has 0 spiro atoms. The predicted molar refractivity (Wildman–Crippen MR) is 67.1 cm³/mol. The number of nitrogens with zero attached hydrogens (tertiary/aromatic N) is 1. The number of hydrogen-bond donors (Lipinski definition) is 1. The van der Waals surface area contributed by atoms with Crippen molar-refractivity contribution in [3.05, 3.63) is 52.8 Å². The van der Waals surface area contributed by atoms with Crippen LogP contribution in [0.5, 0.6) is 11.5 Å². The number of ether oxygens (including phenoxy) is 1. The highest BCUT2D eigenvalue weighted by Crippen LogP contribution is 2.31. The molecular weight excluding hydrogens is 255 g/mol. The van der Waals surface area contributed by atoms with E-state index in [0.717, 1.165) is 6.07 Å². The summed E-state index contributed by atoms with van der Waals surface area (Å²) in [6.07, 6.45) is 0. The molecular formula is C13H8ClFN2O. The molecule has 0 aliphatic heterocycles. The zero-order chi connectivity index (χ0) is 13.1. The molecule has 0 aromatic heterocycles. The summed E-state index contributed by atoms with van der Waals surface area (Å²) >= 11 is 5.83. The molecule has 2 N–H and O–H groups in total. The van der Waals surface area contributed by atoms with Crippen molar-refractivity contribution in [2.75, 3.05) is 5.73 Å². The minimum atomic E-state index is -0.442. The Morgan fingerprint density at radius 3 is 2.67 bits per heavy atom. The van der Waals surface area contributed by atoms with Gasteiger partial charge in [0.15, 0.2) is 0 Å². The fourth-order valence-electron chi connectivity index (χ4n) is 1.38. The topological polar surface area (TPSA) is 59.0 Å². The van der Waals surface area contributed by atoms with Gasteiger partial charge < -0.3 is 10.5 Å². The first-order chi connectivity index (χ1) is 8.60. The average molecular weight is 263 g/mol. The Labute approximate surface area is 108 Å². The van der Waals surface area contributed by atoms with Gasteiger partial charge in [0.25, 0.3) is 0 Å². The van der Waals surface area contributed by atoms with Crippen molar-refractivity contribution in [3.63, 3.8) is 0 Å². The quantitative estimate of drug-likeness (QED) is 0.839. The van der Waals surface area contributed by atoms with Crippen LogP contribution >= 0.6 is 11.6 Å². The number of nitrogen functional groups attached to an aromatic ring is 1. The monoisotopic (exact) mass is 262 g/mol. The van der Waals surface area contributed by atoms with E-state index in [0.29, 0.717) is 22.7 Å². The molecule has 0 atom stereocenters. The van der Waals surface area contributed by atoms with Gasteiger partial charge >= 0.3 is 0 Å². The second kappa shape index (κ2) is 4.94. The summed E-state index contributed by atoms with van der Waals surface area (Å²) in [4.78, 5) is 0. The van der Waals surface area contributed by atoms with Crippen molar-refractivity contribution in [1.29, 1.82) is 5.26 Å². The molecule has 0 saturated carbocycles. The third kappa shape index (κ3) is 2.53. The summed E-state index contributed by atoms with van der Waals surface area (Å²) in [5, 5.41) is 9.00. The van der Waals surface area contributed by atoms with Gasteiger partial charge in [0, 0.05) is 11.8 Å². The maximum absolute atomic E-state index is 12.9. The Morgan fingerprint density at radius 2 is 2.00 bits per heavy atom. The molecule has 0 aliphatic carbocycles. The molecule has 0 radical (unpaired) electrons. The molecule has 0 heterocycles. The van der Waals surface area contributed by atoms with E-state index in [2.05, 4.69) is 0 Å². The Morgan fingerprint density at radius 1 is 1.22 bits per heavy atom. The average Bonchev–Trinajstić information content (AvgIpc) is 2.35. The molecule has 0 unspecified atom stereocenters. The Hall–Kier alpha value is -2.25. The molecule has 0 amide bonds. The number of hydrogen-bond acceptors (Lipinski definition) is 3. The highest BCUT2D eigenvalue weighted by Gasteiger charge is 2.06. The van der Waals surface area contributed by atoms with Crippen molar-refractivity contribution in [2.24, 2.45) is 0 Å². The lowest BCUT2D eigenvalue weighted by atomic mass is 10.2. The van der Waals surface area contributed by atoms with Crippen molar-refractivity contribution in [3.8, 4) is 17.6 Å². The summed E-state index contributed by atoms with van der Waals surface area (Å²) < 4.78 is 18.3. The van der Waals surface area contributed by atoms with Crippen LogP contribution in [0.25, 0.3) is 0 Å². The molecule has 3 nitrogen and oxygen atoms in total. The molecule has 0 aliphatic rings. The first-order valence-electron chi connectivity index (χ1n) is 5.02. The van der Waals surface area contributed by atoms with E-state index in [1.54, 1.807) is 12.1 Å². The van der Waals surface area contributed by atoms with Crippen LogP contribution in [-0.2, 0) is 0 Å². The van der Waals surface area contributed by atoms with Crippen LogP contribution in [-0.4, -0.2) is 0 Å². The molecule has 0 fully saturated rings. The van der Waals surface area contributed by atoms with Crippen molar-refractivity contribution >= 4 is 17.3 Å². The first-order valence-corrected chi connectivity index (χ1v) is 5.40. The smallest absolute Gasteiger partial charge is 0.146 e. The summed E-state index contributed by atoms with van der Waals surface area (Å²) in [6.45, 7) is 0. The maximum atomic E-state index is 12.9. The highest BCUT2D eigenvalue weighted by atomic mass is 35.5. The third-order valence-corrected chi connectivity index (χ3v) is 2.56. The lowest BCUT2D eigenvalue weighted by molar-refractivity contribution is 0.481. The van der Waals surface area contributed by atoms with Gasteiger partial charge in [0.05, 0.1) is 10.6 Å². The van der Waals surface area contributed by atoms with E-state index in [4.69, 9.17) is 27.3 Å². The van der Waals surface area contributed by atoms with Crippen LogP contribution in [0.1, 0.15) is 5.56 Å². The molecule has 0 saturated heterocycles. The summed E-state index contributed by atoms with van der Waals surface area (Å²) in [5.41, 5.74) is 6.27. The lowest BCUT2D eigenvalue weighted by Gasteiger charge is -2.08. The van der Waals surface area contributed by atoms with Gasteiger partial charge in [0.2, 0.25) is 0 Å². The van der Waals surface area contributed by atoms with Gasteiger partial charge in [-0.1, -0.05) is 11.6 Å². The normalized spacial score (nSPS) is 9.83. The standard InChI is InChI=1S/C13H8ClFN2O/c14-11-6-9(15)1-4-13(11)18-10-2-3-12(17)8(5-10)7-16/h1-6H,17H2. The van der Waals surface area contributed by atoms with Crippen LogP contribution in [0.2, 0.25) is 5.02 Å². The van der Waals surface area contributed by atoms with Gasteiger partial charge in [-0.05, 0) is 30.3 Å². The molecule has 18 heavy (non-hydrogen) atoms. The summed E-state index contributed by atoms with van der Waals surface area (Å²) in [5.74, 6) is 0.281. The molecule has 0 bridgehead atoms. The van der Waals surface area contributed by atoms with Crippen LogP contribution in [0, 0.1) is 17.1 Å². The zero-order valence-electron chi connectivity index (χ0n) is 9.15. The van der Waals surface area contributed by atoms with Crippen molar-refractivity contribution in [2.45, 2.75) is 0 Å². The largest absolute Gasteiger partial charge is 0.456 e. The fraction of sp³-hybridized carbons (Fsp3) is 0. The van der Waals surface area contributed by atoms with E-state index < -0.39 is 5.82 Å². The number of rotatable bonds is 2. The molecule has 2 aromatic carbocycles. The Kier molecular flexibility index (Phi) is 3.35. The van der Waals surface area contributed by atoms with E-state index in [1.807, 2.05) is 6.07 Å². The first kappa shape index (κ1) is 12.2. The maximum Gasteiger partial charge on any atom is 0.146 e. The van der Waals surface area contributed by atoms with Crippen molar-refractivity contribution < 1.29 is 9.13 Å². The number of halogens is 2. The predicted octanol–water partition coefficient (Wildman–Crippen LogP) is 3.73. The lowest BCUT2D eigenvalue weighted by Crippen LogP contribution is -1.92. The summed E-state index contributed by atoms with van der Waals surface area (Å²) in [6, 6.07) is 10.4. The number of benzene rings is 2. The number of nitriles is 1. The summed E-state index contributed by atoms with van der Waals surface area (Å²) in [7, 11) is 0. The van der Waals surface area contributed by atoms with Gasteiger partial charge in [-0.15, -0.1) is 0 Å². The van der Waals surface area contributed by atoms with Crippen LogP contribution < -0.4 is 10.5 Å². The second-order valence-corrected chi connectivity index (χ2v) is 3.94. The number of anilines is 1. The molecule has 2 rings (SSSR count). The van der Waals surface area contributed by atoms with Gasteiger partial charge in [-0.2, -0.15) is 5.26 Å². The van der Waals surface area contributed by atoms with Crippen LogP contribution in [0.3, 0.4) is 0 Å². The minimum Gasteiger partial charge on any atom is -0.456 e. The van der Waals surface area contributed by atoms with E-state index >= 15 is 0 Å². The third-order valence-electron chi connectivity index (χ3n) is 2.27. The van der Waals surface area contributed by atoms with Crippen LogP contribution in [0.15, 0.2) is 36.4 Å². The van der Waals surface area contributed by atoms with Gasteiger partial charge in [-0.3, -0.25) is 0 Å². The Bertz CT molecular complexity index is 637. The van der Waals surface area contributed by atoms with Crippen molar-refractivity contribution in [1.82, 2.24) is 0 Å². The Balaban J connectivity index is 2.32. The zero-order valence-corrected chi connectivity index (χ0v) is 9.91.